The van der Waals surface area contributed by atoms with Crippen LogP contribution in [0, 0.1) is 0 Å². The van der Waals surface area contributed by atoms with E-state index in [4.69, 9.17) is 5.11 Å². The molecule has 2 rings (SSSR count). The van der Waals surface area contributed by atoms with Crippen molar-refractivity contribution in [3.05, 3.63) is 24.5 Å². The molecule has 2 aromatic heterocycles. The molecule has 2 aromatic rings. The summed E-state index contributed by atoms with van der Waals surface area (Å²) < 4.78 is 0. The van der Waals surface area contributed by atoms with Gasteiger partial charge in [0.2, 0.25) is 0 Å². The van der Waals surface area contributed by atoms with Gasteiger partial charge in [0, 0.05) is 18.1 Å². The standard InChI is InChI=1S/C10H11N3O2S/c14-5-7(15)6-16-9-2-1-8-10(13-9)12-4-3-11-8/h1-4,7,14-15H,5-6H2. The Morgan fingerprint density at radius 3 is 2.88 bits per heavy atom. The smallest absolute Gasteiger partial charge is 0.179 e. The van der Waals surface area contributed by atoms with E-state index in [0.29, 0.717) is 11.4 Å². The van der Waals surface area contributed by atoms with Crippen molar-refractivity contribution >= 4 is 22.9 Å². The summed E-state index contributed by atoms with van der Waals surface area (Å²) in [6.07, 6.45) is 2.49. The van der Waals surface area contributed by atoms with Crippen molar-refractivity contribution in [2.75, 3.05) is 12.4 Å². The van der Waals surface area contributed by atoms with Gasteiger partial charge in [0.25, 0.3) is 0 Å². The molecule has 5 nitrogen and oxygen atoms in total. The number of pyridine rings is 1. The molecule has 2 heterocycles. The third-order valence-electron chi connectivity index (χ3n) is 1.94. The minimum Gasteiger partial charge on any atom is -0.394 e. The third-order valence-corrected chi connectivity index (χ3v) is 3.02. The molecule has 84 valence electrons. The fourth-order valence-corrected chi connectivity index (χ4v) is 1.94. The summed E-state index contributed by atoms with van der Waals surface area (Å²) >= 11 is 1.38. The maximum absolute atomic E-state index is 9.21. The SMILES string of the molecule is OCC(O)CSc1ccc2nccnc2n1. The zero-order valence-electron chi connectivity index (χ0n) is 8.45. The minimum absolute atomic E-state index is 0.236. The van der Waals surface area contributed by atoms with E-state index in [-0.39, 0.29) is 6.61 Å². The highest BCUT2D eigenvalue weighted by molar-refractivity contribution is 7.99. The van der Waals surface area contributed by atoms with Crippen LogP contribution in [0.5, 0.6) is 0 Å². The highest BCUT2D eigenvalue weighted by Gasteiger charge is 2.05. The lowest BCUT2D eigenvalue weighted by Crippen LogP contribution is -2.14. The fourth-order valence-electron chi connectivity index (χ4n) is 1.15. The molecule has 0 aliphatic carbocycles. The van der Waals surface area contributed by atoms with Gasteiger partial charge >= 0.3 is 0 Å². The maximum Gasteiger partial charge on any atom is 0.179 e. The van der Waals surface area contributed by atoms with E-state index in [1.807, 2.05) is 12.1 Å². The van der Waals surface area contributed by atoms with Crippen molar-refractivity contribution in [3.8, 4) is 0 Å². The number of aliphatic hydroxyl groups is 2. The van der Waals surface area contributed by atoms with Crippen LogP contribution < -0.4 is 0 Å². The van der Waals surface area contributed by atoms with Crippen molar-refractivity contribution in [2.45, 2.75) is 11.1 Å². The second-order valence-corrected chi connectivity index (χ2v) is 4.24. The number of aliphatic hydroxyl groups excluding tert-OH is 2. The van der Waals surface area contributed by atoms with Gasteiger partial charge in [-0.15, -0.1) is 11.8 Å². The van der Waals surface area contributed by atoms with Crippen LogP contribution in [0.2, 0.25) is 0 Å². The summed E-state index contributed by atoms with van der Waals surface area (Å²) in [6.45, 7) is -0.236. The average molecular weight is 237 g/mol. The monoisotopic (exact) mass is 237 g/mol. The van der Waals surface area contributed by atoms with Gasteiger partial charge < -0.3 is 10.2 Å². The maximum atomic E-state index is 9.21. The molecule has 0 spiro atoms. The molecule has 0 saturated carbocycles. The van der Waals surface area contributed by atoms with Gasteiger partial charge in [-0.3, -0.25) is 4.98 Å². The lowest BCUT2D eigenvalue weighted by molar-refractivity contribution is 0.113. The van der Waals surface area contributed by atoms with Crippen LogP contribution in [-0.4, -0.2) is 43.6 Å². The van der Waals surface area contributed by atoms with Crippen LogP contribution in [0.4, 0.5) is 0 Å². The van der Waals surface area contributed by atoms with E-state index in [1.54, 1.807) is 12.4 Å². The molecule has 0 saturated heterocycles. The summed E-state index contributed by atoms with van der Waals surface area (Å²) in [5.41, 5.74) is 1.33. The predicted octanol–water partition coefficient (Wildman–Crippen LogP) is 0.470. The number of hydrogen-bond donors (Lipinski definition) is 2. The van der Waals surface area contributed by atoms with Crippen molar-refractivity contribution in [1.82, 2.24) is 15.0 Å². The van der Waals surface area contributed by atoms with Gasteiger partial charge in [0.05, 0.1) is 17.7 Å². The number of nitrogens with zero attached hydrogens (tertiary/aromatic N) is 3. The summed E-state index contributed by atoms with van der Waals surface area (Å²) in [5, 5.41) is 18.6. The quantitative estimate of drug-likeness (QED) is 0.752. The highest BCUT2D eigenvalue weighted by atomic mass is 32.2. The molecule has 0 aliphatic heterocycles. The highest BCUT2D eigenvalue weighted by Crippen LogP contribution is 2.18. The molecule has 16 heavy (non-hydrogen) atoms. The van der Waals surface area contributed by atoms with Crippen molar-refractivity contribution < 1.29 is 10.2 Å². The molecule has 0 radical (unpaired) electrons. The van der Waals surface area contributed by atoms with Crippen molar-refractivity contribution in [1.29, 1.82) is 0 Å². The van der Waals surface area contributed by atoms with E-state index < -0.39 is 6.10 Å². The Morgan fingerprint density at radius 2 is 2.06 bits per heavy atom. The van der Waals surface area contributed by atoms with Crippen LogP contribution in [-0.2, 0) is 0 Å². The number of fused-ring (bicyclic) bond motifs is 1. The molecule has 6 heteroatoms. The third kappa shape index (κ3) is 2.66. The first-order valence-electron chi connectivity index (χ1n) is 4.79. The van der Waals surface area contributed by atoms with E-state index in [0.717, 1.165) is 10.5 Å². The van der Waals surface area contributed by atoms with Crippen LogP contribution in [0.3, 0.4) is 0 Å². The number of hydrogen-bond acceptors (Lipinski definition) is 6. The second-order valence-electron chi connectivity index (χ2n) is 3.20. The van der Waals surface area contributed by atoms with Gasteiger partial charge in [-0.25, -0.2) is 9.97 Å². The Hall–Kier alpha value is -1.24. The van der Waals surface area contributed by atoms with Gasteiger partial charge in [-0.2, -0.15) is 0 Å². The molecule has 0 fully saturated rings. The topological polar surface area (TPSA) is 79.1 Å². The van der Waals surface area contributed by atoms with E-state index >= 15 is 0 Å². The zero-order chi connectivity index (χ0) is 11.4. The van der Waals surface area contributed by atoms with Crippen LogP contribution in [0.15, 0.2) is 29.6 Å². The van der Waals surface area contributed by atoms with E-state index in [1.165, 1.54) is 11.8 Å². The first-order chi connectivity index (χ1) is 7.79. The van der Waals surface area contributed by atoms with Crippen molar-refractivity contribution in [2.24, 2.45) is 0 Å². The lowest BCUT2D eigenvalue weighted by atomic mass is 10.4. The molecule has 0 amide bonds. The van der Waals surface area contributed by atoms with Gasteiger partial charge in [-0.1, -0.05) is 0 Å². The van der Waals surface area contributed by atoms with Crippen molar-refractivity contribution in [3.63, 3.8) is 0 Å². The molecule has 1 unspecified atom stereocenters. The van der Waals surface area contributed by atoms with E-state index in [9.17, 15) is 5.11 Å². The first-order valence-corrected chi connectivity index (χ1v) is 5.77. The Labute approximate surface area is 96.6 Å². The van der Waals surface area contributed by atoms with Crippen LogP contribution in [0.1, 0.15) is 0 Å². The number of thioether (sulfide) groups is 1. The molecule has 0 bridgehead atoms. The molecule has 1 atom stereocenters. The number of rotatable bonds is 4. The first kappa shape index (κ1) is 11.3. The zero-order valence-corrected chi connectivity index (χ0v) is 9.26. The van der Waals surface area contributed by atoms with E-state index in [2.05, 4.69) is 15.0 Å². The fraction of sp³-hybridized carbons (Fsp3) is 0.300. The molecular weight excluding hydrogens is 226 g/mol. The number of aromatic nitrogens is 3. The Kier molecular flexibility index (Phi) is 3.66. The summed E-state index contributed by atoms with van der Waals surface area (Å²) in [7, 11) is 0. The van der Waals surface area contributed by atoms with Gasteiger partial charge in [0.15, 0.2) is 5.65 Å². The summed E-state index contributed by atoms with van der Waals surface area (Å²) in [6, 6.07) is 3.66. The Balaban J connectivity index is 2.13. The predicted molar refractivity (Wildman–Crippen MR) is 61.1 cm³/mol. The minimum atomic E-state index is -0.718. The second kappa shape index (κ2) is 5.20. The normalized spacial score (nSPS) is 12.9. The van der Waals surface area contributed by atoms with Crippen LogP contribution in [0.25, 0.3) is 11.2 Å². The van der Waals surface area contributed by atoms with Crippen LogP contribution >= 0.6 is 11.8 Å². The molecule has 0 aromatic carbocycles. The van der Waals surface area contributed by atoms with Gasteiger partial charge in [-0.05, 0) is 12.1 Å². The Morgan fingerprint density at radius 1 is 1.25 bits per heavy atom. The largest absolute Gasteiger partial charge is 0.394 e. The summed E-state index contributed by atoms with van der Waals surface area (Å²) in [4.78, 5) is 12.5. The van der Waals surface area contributed by atoms with Gasteiger partial charge in [0.1, 0.15) is 5.52 Å². The summed E-state index contributed by atoms with van der Waals surface area (Å²) in [5.74, 6) is 0.412. The molecule has 0 aliphatic rings. The Bertz CT molecular complexity index is 480. The average Bonchev–Trinajstić information content (AvgIpc) is 2.35. The molecular formula is C10H11N3O2S. The molecule has 2 N–H and O–H groups in total. The lowest BCUT2D eigenvalue weighted by Gasteiger charge is -2.05.